The maximum atomic E-state index is 13.4. The summed E-state index contributed by atoms with van der Waals surface area (Å²) in [5.41, 5.74) is 0. The van der Waals surface area contributed by atoms with Gasteiger partial charge in [-0.25, -0.2) is 0 Å². The smallest absolute Gasteiger partial charge is 0.253 e. The van der Waals surface area contributed by atoms with Crippen molar-refractivity contribution in [1.82, 2.24) is 20.0 Å². The van der Waals surface area contributed by atoms with E-state index in [4.69, 9.17) is 4.74 Å². The molecule has 1 rings (SSSR count). The molecule has 11 heteroatoms. The van der Waals surface area contributed by atoms with Gasteiger partial charge in [-0.3, -0.25) is 28.9 Å². The fourth-order valence-electron chi connectivity index (χ4n) is 5.62. The second-order valence-corrected chi connectivity index (χ2v) is 11.4. The van der Waals surface area contributed by atoms with Crippen molar-refractivity contribution in [2.45, 2.75) is 111 Å². The fourth-order valence-corrected chi connectivity index (χ4v) is 5.62. The molecule has 5 unspecified atom stereocenters. The lowest BCUT2D eigenvalue weighted by molar-refractivity contribution is -0.145. The SMILES string of the molecule is CCC(C)C(C(CC=O)OC)N(C)C(=O)CNC(=O)C(C)N(C(=O)CCCCCN1C(=O)C=CC1=O)C(CC)C(C)C. The Bertz CT molecular complexity index is 949. The van der Waals surface area contributed by atoms with Crippen LogP contribution in [-0.4, -0.2) is 102 Å². The van der Waals surface area contributed by atoms with E-state index in [-0.39, 0.29) is 66.9 Å². The Morgan fingerprint density at radius 3 is 2.10 bits per heavy atom. The molecule has 0 saturated heterocycles. The first-order valence-corrected chi connectivity index (χ1v) is 15.2. The molecule has 1 aliphatic heterocycles. The minimum atomic E-state index is -0.791. The molecule has 0 bridgehead atoms. The predicted octanol–water partition coefficient (Wildman–Crippen LogP) is 2.72. The summed E-state index contributed by atoms with van der Waals surface area (Å²) in [4.78, 5) is 78.8. The highest BCUT2D eigenvalue weighted by molar-refractivity contribution is 6.12. The van der Waals surface area contributed by atoms with Crippen LogP contribution in [0.25, 0.3) is 0 Å². The topological polar surface area (TPSA) is 133 Å². The van der Waals surface area contributed by atoms with Crippen molar-refractivity contribution in [3.8, 4) is 0 Å². The van der Waals surface area contributed by atoms with E-state index in [1.54, 1.807) is 23.8 Å². The number of aldehydes is 1. The first-order chi connectivity index (χ1) is 19.9. The lowest BCUT2D eigenvalue weighted by Crippen LogP contribution is -2.56. The van der Waals surface area contributed by atoms with Gasteiger partial charge in [0, 0.05) is 51.7 Å². The number of carbonyl (C=O) groups excluding carboxylic acids is 6. The summed E-state index contributed by atoms with van der Waals surface area (Å²) in [5, 5.41) is 2.72. The van der Waals surface area contributed by atoms with Crippen LogP contribution in [0.15, 0.2) is 12.2 Å². The number of nitrogens with one attached hydrogen (secondary N) is 1. The Balaban J connectivity index is 2.84. The summed E-state index contributed by atoms with van der Waals surface area (Å²) in [6.45, 7) is 11.7. The van der Waals surface area contributed by atoms with E-state index in [0.29, 0.717) is 32.2 Å². The molecule has 0 saturated carbocycles. The molecule has 238 valence electrons. The number of methoxy groups -OCH3 is 1. The van der Waals surface area contributed by atoms with Crippen LogP contribution in [-0.2, 0) is 33.5 Å². The van der Waals surface area contributed by atoms with Gasteiger partial charge in [-0.1, -0.05) is 47.5 Å². The normalized spacial score (nSPS) is 16.6. The summed E-state index contributed by atoms with van der Waals surface area (Å²) < 4.78 is 5.52. The molecule has 5 atom stereocenters. The average Bonchev–Trinajstić information content (AvgIpc) is 3.28. The fraction of sp³-hybridized carbons (Fsp3) is 0.742. The molecule has 0 aromatic heterocycles. The van der Waals surface area contributed by atoms with E-state index in [0.717, 1.165) is 12.7 Å². The van der Waals surface area contributed by atoms with Gasteiger partial charge < -0.3 is 24.6 Å². The van der Waals surface area contributed by atoms with Gasteiger partial charge >= 0.3 is 0 Å². The number of likely N-dealkylation sites (N-methyl/N-ethyl adjacent to an activating group) is 1. The van der Waals surface area contributed by atoms with Gasteiger partial charge in [0.1, 0.15) is 12.3 Å². The molecule has 1 heterocycles. The summed E-state index contributed by atoms with van der Waals surface area (Å²) in [6.07, 6.45) is 6.47. The van der Waals surface area contributed by atoms with E-state index in [1.165, 1.54) is 24.2 Å². The zero-order valence-corrected chi connectivity index (χ0v) is 26.8. The predicted molar refractivity (Wildman–Crippen MR) is 160 cm³/mol. The van der Waals surface area contributed by atoms with Gasteiger partial charge in [0.2, 0.25) is 17.7 Å². The van der Waals surface area contributed by atoms with Crippen molar-refractivity contribution in [2.75, 3.05) is 27.2 Å². The second-order valence-electron chi connectivity index (χ2n) is 11.4. The third-order valence-electron chi connectivity index (χ3n) is 8.30. The number of imide groups is 1. The largest absolute Gasteiger partial charge is 0.379 e. The molecule has 5 amide bonds. The number of rotatable bonds is 20. The molecule has 1 N–H and O–H groups in total. The van der Waals surface area contributed by atoms with Crippen molar-refractivity contribution in [1.29, 1.82) is 0 Å². The van der Waals surface area contributed by atoms with Crippen LogP contribution in [0.3, 0.4) is 0 Å². The molecule has 0 spiro atoms. The van der Waals surface area contributed by atoms with Crippen molar-refractivity contribution in [2.24, 2.45) is 11.8 Å². The zero-order chi connectivity index (χ0) is 32.0. The van der Waals surface area contributed by atoms with Crippen LogP contribution >= 0.6 is 0 Å². The first kappa shape index (κ1) is 36.9. The molecule has 0 radical (unpaired) electrons. The number of hydrogen-bond acceptors (Lipinski definition) is 7. The first-order valence-electron chi connectivity index (χ1n) is 15.2. The van der Waals surface area contributed by atoms with Crippen LogP contribution in [0.1, 0.15) is 86.5 Å². The Kier molecular flexibility index (Phi) is 16.2. The average molecular weight is 593 g/mol. The van der Waals surface area contributed by atoms with Gasteiger partial charge in [-0.15, -0.1) is 0 Å². The second kappa shape index (κ2) is 18.5. The lowest BCUT2D eigenvalue weighted by atomic mass is 9.91. The maximum Gasteiger partial charge on any atom is 0.253 e. The molecular formula is C31H52N4O7. The van der Waals surface area contributed by atoms with Gasteiger partial charge in [0.25, 0.3) is 11.8 Å². The van der Waals surface area contributed by atoms with Crippen molar-refractivity contribution < 1.29 is 33.5 Å². The zero-order valence-electron chi connectivity index (χ0n) is 26.8. The van der Waals surface area contributed by atoms with Crippen LogP contribution in [0.4, 0.5) is 0 Å². The molecule has 0 aromatic rings. The van der Waals surface area contributed by atoms with E-state index in [1.807, 2.05) is 34.6 Å². The van der Waals surface area contributed by atoms with Crippen LogP contribution in [0, 0.1) is 11.8 Å². The number of hydrogen-bond donors (Lipinski definition) is 1. The van der Waals surface area contributed by atoms with Gasteiger partial charge in [-0.2, -0.15) is 0 Å². The third-order valence-corrected chi connectivity index (χ3v) is 8.30. The highest BCUT2D eigenvalue weighted by Gasteiger charge is 2.35. The minimum Gasteiger partial charge on any atom is -0.379 e. The molecule has 1 aliphatic rings. The monoisotopic (exact) mass is 592 g/mol. The third kappa shape index (κ3) is 10.3. The van der Waals surface area contributed by atoms with Crippen molar-refractivity contribution in [3.05, 3.63) is 12.2 Å². The van der Waals surface area contributed by atoms with Crippen molar-refractivity contribution >= 4 is 35.8 Å². The van der Waals surface area contributed by atoms with Crippen LogP contribution in [0.5, 0.6) is 0 Å². The quantitative estimate of drug-likeness (QED) is 0.131. The lowest BCUT2D eigenvalue weighted by Gasteiger charge is -2.38. The standard InChI is InChI=1S/C31H52N4O7/c1-9-22(5)30(25(42-8)17-19-36)33(7)29(40)20-32-31(41)23(6)35(24(10-2)21(3)4)28(39)14-12-11-13-18-34-26(37)15-16-27(34)38/h15-16,19,21-25,30H,9-14,17-18,20H2,1-8H3,(H,32,41). The van der Waals surface area contributed by atoms with Crippen molar-refractivity contribution in [3.63, 3.8) is 0 Å². The number of amides is 5. The van der Waals surface area contributed by atoms with Gasteiger partial charge in [0.15, 0.2) is 0 Å². The Morgan fingerprint density at radius 1 is 0.976 bits per heavy atom. The van der Waals surface area contributed by atoms with Crippen LogP contribution < -0.4 is 5.32 Å². The van der Waals surface area contributed by atoms with E-state index < -0.39 is 18.1 Å². The number of ether oxygens (including phenoxy) is 1. The van der Waals surface area contributed by atoms with E-state index in [2.05, 4.69) is 5.32 Å². The van der Waals surface area contributed by atoms with Gasteiger partial charge in [-0.05, 0) is 38.0 Å². The Hall–Kier alpha value is -3.08. The number of carbonyl (C=O) groups is 6. The minimum absolute atomic E-state index is 0.0657. The Morgan fingerprint density at radius 2 is 1.60 bits per heavy atom. The maximum absolute atomic E-state index is 13.4. The number of nitrogens with zero attached hydrogens (tertiary/aromatic N) is 3. The summed E-state index contributed by atoms with van der Waals surface area (Å²) in [7, 11) is 3.17. The molecular weight excluding hydrogens is 540 g/mol. The Labute approximate surface area is 251 Å². The van der Waals surface area contributed by atoms with E-state index in [9.17, 15) is 28.8 Å². The summed E-state index contributed by atoms with van der Waals surface area (Å²) in [5.74, 6) is -1.33. The van der Waals surface area contributed by atoms with E-state index >= 15 is 0 Å². The highest BCUT2D eigenvalue weighted by atomic mass is 16.5. The molecule has 0 aromatic carbocycles. The summed E-state index contributed by atoms with van der Waals surface area (Å²) >= 11 is 0. The number of unbranched alkanes of at least 4 members (excludes halogenated alkanes) is 2. The molecule has 0 aliphatic carbocycles. The van der Waals surface area contributed by atoms with Gasteiger partial charge in [0.05, 0.1) is 18.7 Å². The summed E-state index contributed by atoms with van der Waals surface area (Å²) in [6, 6.07) is -1.29. The highest BCUT2D eigenvalue weighted by Crippen LogP contribution is 2.22. The molecule has 11 nitrogen and oxygen atoms in total. The molecule has 0 fully saturated rings. The molecule has 42 heavy (non-hydrogen) atoms. The van der Waals surface area contributed by atoms with Crippen LogP contribution in [0.2, 0.25) is 0 Å².